The number of benzene rings is 1. The topological polar surface area (TPSA) is 74.8 Å². The number of urea groups is 1. The summed E-state index contributed by atoms with van der Waals surface area (Å²) in [5.74, 6) is 0.139. The van der Waals surface area contributed by atoms with Gasteiger partial charge in [0, 0.05) is 24.3 Å². The summed E-state index contributed by atoms with van der Waals surface area (Å²) in [6.45, 7) is 2.01. The van der Waals surface area contributed by atoms with E-state index in [2.05, 4.69) is 23.1 Å². The van der Waals surface area contributed by atoms with Crippen molar-refractivity contribution in [1.29, 1.82) is 0 Å². The monoisotopic (exact) mass is 386 g/mol. The van der Waals surface area contributed by atoms with Crippen molar-refractivity contribution in [1.82, 2.24) is 10.3 Å². The van der Waals surface area contributed by atoms with Gasteiger partial charge in [0.25, 0.3) is 0 Å². The molecule has 1 N–H and O–H groups in total. The predicted molar refractivity (Wildman–Crippen MR) is 107 cm³/mol. The highest BCUT2D eigenvalue weighted by molar-refractivity contribution is 7.82. The summed E-state index contributed by atoms with van der Waals surface area (Å²) >= 11 is 4.24. The van der Waals surface area contributed by atoms with Crippen molar-refractivity contribution in [3.63, 3.8) is 0 Å². The lowest BCUT2D eigenvalue weighted by molar-refractivity contribution is 0.198. The molecule has 0 aliphatic heterocycles. The van der Waals surface area contributed by atoms with Crippen LogP contribution in [-0.4, -0.2) is 29.7 Å². The molecule has 0 unspecified atom stereocenters. The van der Waals surface area contributed by atoms with Gasteiger partial charge in [0.1, 0.15) is 0 Å². The number of carbonyl (C=O) groups excluding carboxylic acids is 2. The number of para-hydroxylation sites is 1. The molecule has 1 aromatic heterocycles. The number of anilines is 2. The predicted octanol–water partition coefficient (Wildman–Crippen LogP) is 4.02. The molecule has 1 aliphatic rings. The highest BCUT2D eigenvalue weighted by Crippen LogP contribution is 2.31. The molecular formula is C19H22N4O3S. The Morgan fingerprint density at radius 2 is 1.85 bits per heavy atom. The maximum absolute atomic E-state index is 12.3. The number of hydrogen-bond donors (Lipinski definition) is 2. The van der Waals surface area contributed by atoms with Crippen LogP contribution >= 0.6 is 12.8 Å². The Balaban J connectivity index is 1.59. The van der Waals surface area contributed by atoms with Crippen molar-refractivity contribution in [3.8, 4) is 5.88 Å². The quantitative estimate of drug-likeness (QED) is 0.779. The van der Waals surface area contributed by atoms with Gasteiger partial charge in [-0.15, -0.1) is 0 Å². The molecule has 0 saturated heterocycles. The van der Waals surface area contributed by atoms with Gasteiger partial charge in [0.2, 0.25) is 5.88 Å². The van der Waals surface area contributed by atoms with Crippen molar-refractivity contribution in [2.45, 2.75) is 31.7 Å². The lowest BCUT2D eigenvalue weighted by Crippen LogP contribution is -2.53. The maximum atomic E-state index is 12.3. The van der Waals surface area contributed by atoms with Crippen LogP contribution in [0.5, 0.6) is 5.88 Å². The number of rotatable bonds is 4. The molecule has 1 heterocycles. The molecule has 1 aliphatic carbocycles. The zero-order valence-corrected chi connectivity index (χ0v) is 16.1. The summed E-state index contributed by atoms with van der Waals surface area (Å²) in [6.07, 6.45) is 3.91. The van der Waals surface area contributed by atoms with Crippen molar-refractivity contribution in [2.75, 3.05) is 16.3 Å². The van der Waals surface area contributed by atoms with Gasteiger partial charge in [-0.2, -0.15) is 0 Å². The molecule has 1 fully saturated rings. The first kappa shape index (κ1) is 19.0. The van der Waals surface area contributed by atoms with Crippen LogP contribution in [0.25, 0.3) is 0 Å². The Hall–Kier alpha value is -2.74. The van der Waals surface area contributed by atoms with E-state index >= 15 is 0 Å². The highest BCUT2D eigenvalue weighted by Gasteiger charge is 2.34. The zero-order valence-electron chi connectivity index (χ0n) is 15.3. The highest BCUT2D eigenvalue weighted by atomic mass is 32.1. The summed E-state index contributed by atoms with van der Waals surface area (Å²) in [6, 6.07) is 12.0. The zero-order chi connectivity index (χ0) is 19.4. The second-order valence-electron chi connectivity index (χ2n) is 6.77. The van der Waals surface area contributed by atoms with E-state index < -0.39 is 6.09 Å². The summed E-state index contributed by atoms with van der Waals surface area (Å²) in [5, 5.41) is 2.96. The summed E-state index contributed by atoms with van der Waals surface area (Å²) < 4.78 is 6.46. The number of hydrogen-bond acceptors (Lipinski definition) is 5. The average Bonchev–Trinajstić information content (AvgIpc) is 2.66. The van der Waals surface area contributed by atoms with Gasteiger partial charge in [0.05, 0.1) is 11.9 Å². The first-order chi connectivity index (χ1) is 12.9. The molecular weight excluding hydrogens is 364 g/mol. The van der Waals surface area contributed by atoms with Crippen molar-refractivity contribution >= 4 is 36.3 Å². The minimum absolute atomic E-state index is 0.139. The maximum Gasteiger partial charge on any atom is 0.420 e. The van der Waals surface area contributed by atoms with E-state index in [0.29, 0.717) is 11.4 Å². The molecule has 3 amide bonds. The number of amides is 3. The molecule has 3 rings (SSSR count). The second kappa shape index (κ2) is 7.87. The molecule has 1 aromatic carbocycles. The van der Waals surface area contributed by atoms with Crippen LogP contribution in [0.4, 0.5) is 21.0 Å². The van der Waals surface area contributed by atoms with Crippen molar-refractivity contribution in [2.24, 2.45) is 0 Å². The molecule has 1 saturated carbocycles. The lowest BCUT2D eigenvalue weighted by Gasteiger charge is -2.39. The van der Waals surface area contributed by atoms with Gasteiger partial charge in [-0.25, -0.2) is 18.9 Å². The molecule has 142 valence electrons. The fourth-order valence-electron chi connectivity index (χ4n) is 2.73. The first-order valence-electron chi connectivity index (χ1n) is 8.66. The minimum atomic E-state index is -0.556. The van der Waals surface area contributed by atoms with E-state index in [4.69, 9.17) is 4.74 Å². The van der Waals surface area contributed by atoms with Crippen LogP contribution in [0.2, 0.25) is 0 Å². The van der Waals surface area contributed by atoms with Gasteiger partial charge >= 0.3 is 12.1 Å². The first-order valence-corrected chi connectivity index (χ1v) is 9.06. The SMILES string of the molecule is CN(C(=O)Oc1ccc(N(S)C(=O)NC2(C)CCC2)cn1)c1ccccc1. The van der Waals surface area contributed by atoms with E-state index in [-0.39, 0.29) is 17.5 Å². The summed E-state index contributed by atoms with van der Waals surface area (Å²) in [4.78, 5) is 30.0. The van der Waals surface area contributed by atoms with E-state index in [0.717, 1.165) is 19.3 Å². The van der Waals surface area contributed by atoms with Crippen LogP contribution < -0.4 is 19.3 Å². The van der Waals surface area contributed by atoms with Crippen LogP contribution in [-0.2, 0) is 0 Å². The number of ether oxygens (including phenoxy) is 1. The number of carbonyl (C=O) groups is 2. The number of pyridine rings is 1. The molecule has 0 atom stereocenters. The molecule has 2 aromatic rings. The third-order valence-corrected chi connectivity index (χ3v) is 5.05. The third kappa shape index (κ3) is 4.51. The molecule has 0 spiro atoms. The van der Waals surface area contributed by atoms with Crippen LogP contribution in [0.3, 0.4) is 0 Å². The molecule has 0 bridgehead atoms. The van der Waals surface area contributed by atoms with Gasteiger partial charge in [-0.05, 0) is 44.4 Å². The molecule has 7 nitrogen and oxygen atoms in total. The summed E-state index contributed by atoms with van der Waals surface area (Å²) in [7, 11) is 1.62. The normalized spacial score (nSPS) is 14.6. The van der Waals surface area contributed by atoms with Gasteiger partial charge in [-0.1, -0.05) is 31.0 Å². The number of thiol groups is 1. The van der Waals surface area contributed by atoms with Crippen molar-refractivity contribution < 1.29 is 14.3 Å². The Labute approximate surface area is 163 Å². The number of aromatic nitrogens is 1. The molecule has 27 heavy (non-hydrogen) atoms. The average molecular weight is 386 g/mol. The number of nitrogens with one attached hydrogen (secondary N) is 1. The Bertz CT molecular complexity index is 809. The smallest absolute Gasteiger partial charge is 0.391 e. The second-order valence-corrected chi connectivity index (χ2v) is 7.17. The number of nitrogens with zero attached hydrogens (tertiary/aromatic N) is 3. The van der Waals surface area contributed by atoms with E-state index in [1.807, 2.05) is 25.1 Å². The van der Waals surface area contributed by atoms with Gasteiger partial charge < -0.3 is 10.1 Å². The van der Waals surface area contributed by atoms with Crippen LogP contribution in [0, 0.1) is 0 Å². The Kier molecular flexibility index (Phi) is 5.55. The Morgan fingerprint density at radius 1 is 1.15 bits per heavy atom. The summed E-state index contributed by atoms with van der Waals surface area (Å²) in [5.41, 5.74) is 1.03. The van der Waals surface area contributed by atoms with Gasteiger partial charge in [0.15, 0.2) is 0 Å². The fraction of sp³-hybridized carbons (Fsp3) is 0.316. The van der Waals surface area contributed by atoms with E-state index in [9.17, 15) is 9.59 Å². The molecule has 0 radical (unpaired) electrons. The van der Waals surface area contributed by atoms with Crippen LogP contribution in [0.1, 0.15) is 26.2 Å². The lowest BCUT2D eigenvalue weighted by atomic mass is 9.79. The van der Waals surface area contributed by atoms with Crippen molar-refractivity contribution in [3.05, 3.63) is 48.7 Å². The van der Waals surface area contributed by atoms with Crippen LogP contribution in [0.15, 0.2) is 48.7 Å². The van der Waals surface area contributed by atoms with E-state index in [1.54, 1.807) is 25.2 Å². The Morgan fingerprint density at radius 3 is 2.41 bits per heavy atom. The largest absolute Gasteiger partial charge is 0.420 e. The third-order valence-electron chi connectivity index (χ3n) is 4.63. The van der Waals surface area contributed by atoms with Gasteiger partial charge in [-0.3, -0.25) is 4.90 Å². The minimum Gasteiger partial charge on any atom is -0.391 e. The molecule has 8 heteroatoms. The fourth-order valence-corrected chi connectivity index (χ4v) is 2.90. The van der Waals surface area contributed by atoms with E-state index in [1.165, 1.54) is 21.5 Å². The standard InChI is InChI=1S/C19H22N4O3S/c1-19(11-6-12-19)21-17(24)23(27)15-9-10-16(20-13-15)26-18(25)22(2)14-7-4-3-5-8-14/h3-5,7-10,13,27H,6,11-12H2,1-2H3,(H,21,24).